The average Bonchev–Trinajstić information content (AvgIpc) is 2.69. The molecule has 4 rings (SSSR count). The highest BCUT2D eigenvalue weighted by molar-refractivity contribution is 5.96. The van der Waals surface area contributed by atoms with Crippen molar-refractivity contribution in [2.75, 3.05) is 11.1 Å². The summed E-state index contributed by atoms with van der Waals surface area (Å²) >= 11 is 0. The second-order valence-corrected chi connectivity index (χ2v) is 5.93. The van der Waals surface area contributed by atoms with Crippen LogP contribution in [-0.2, 0) is 0 Å². The molecule has 4 aromatic rings. The van der Waals surface area contributed by atoms with Crippen molar-refractivity contribution >= 4 is 45.3 Å². The maximum Gasteiger partial charge on any atom is 0.191 e. The monoisotopic (exact) mass is 370 g/mol. The van der Waals surface area contributed by atoms with Crippen molar-refractivity contribution in [1.29, 1.82) is 0 Å². The van der Waals surface area contributed by atoms with Gasteiger partial charge in [-0.25, -0.2) is 5.26 Å². The predicted octanol–water partition coefficient (Wildman–Crippen LogP) is 4.70. The molecule has 0 aliphatic heterocycles. The molecule has 0 atom stereocenters. The number of aromatic nitrogens is 1. The summed E-state index contributed by atoms with van der Waals surface area (Å²) in [6.07, 6.45) is 1.66. The van der Waals surface area contributed by atoms with Gasteiger partial charge in [0.15, 0.2) is 5.75 Å². The summed E-state index contributed by atoms with van der Waals surface area (Å²) < 4.78 is 0. The van der Waals surface area contributed by atoms with Gasteiger partial charge < -0.3 is 15.9 Å². The molecule has 0 fully saturated rings. The summed E-state index contributed by atoms with van der Waals surface area (Å²) in [5.41, 5.74) is 11.2. The molecular weight excluding hydrogens is 353 g/mol. The van der Waals surface area contributed by atoms with E-state index in [1.807, 2.05) is 54.6 Å². The first kappa shape index (κ1) is 18.7. The Balaban J connectivity index is 0.00000210. The number of rotatable bonds is 4. The van der Waals surface area contributed by atoms with Crippen LogP contribution in [0.15, 0.2) is 79.0 Å². The minimum absolute atomic E-state index is 0. The molecule has 0 saturated heterocycles. The summed E-state index contributed by atoms with van der Waals surface area (Å²) in [5.74, 6) is 0.324. The van der Waals surface area contributed by atoms with E-state index in [1.165, 1.54) is 0 Å². The molecule has 4 N–H and O–H groups in total. The van der Waals surface area contributed by atoms with Crippen LogP contribution in [0.2, 0.25) is 0 Å². The zero-order valence-corrected chi connectivity index (χ0v) is 15.6. The molecule has 131 valence electrons. The molecule has 5 nitrogen and oxygen atoms in total. The van der Waals surface area contributed by atoms with Crippen LogP contribution in [0, 0.1) is 0 Å². The Hall–Kier alpha value is -3.04. The molecule has 0 aliphatic carbocycles. The molecule has 0 saturated carbocycles. The fourth-order valence-electron chi connectivity index (χ4n) is 2.91. The van der Waals surface area contributed by atoms with Crippen LogP contribution in [0.4, 0.5) is 17.1 Å². The SMILES string of the molecule is Nc1ccc(-c2ccc(Nc3ccc(OO)c4ncccc34)cc2)cc1.[Al]. The van der Waals surface area contributed by atoms with Crippen molar-refractivity contribution in [3.05, 3.63) is 79.0 Å². The number of fused-ring (bicyclic) bond motifs is 1. The van der Waals surface area contributed by atoms with E-state index in [0.29, 0.717) is 11.3 Å². The molecule has 1 heterocycles. The van der Waals surface area contributed by atoms with E-state index in [4.69, 9.17) is 11.0 Å². The van der Waals surface area contributed by atoms with Crippen molar-refractivity contribution in [1.82, 2.24) is 4.98 Å². The zero-order valence-electron chi connectivity index (χ0n) is 14.5. The van der Waals surface area contributed by atoms with E-state index in [2.05, 4.69) is 27.3 Å². The van der Waals surface area contributed by atoms with Crippen LogP contribution < -0.4 is 15.9 Å². The summed E-state index contributed by atoms with van der Waals surface area (Å²) in [6.45, 7) is 0. The molecule has 0 amide bonds. The molecule has 0 unspecified atom stereocenters. The van der Waals surface area contributed by atoms with Crippen LogP contribution in [0.3, 0.4) is 0 Å². The number of nitrogens with one attached hydrogen (secondary N) is 1. The Kier molecular flexibility index (Phi) is 5.63. The van der Waals surface area contributed by atoms with E-state index < -0.39 is 0 Å². The van der Waals surface area contributed by atoms with Gasteiger partial charge in [-0.2, -0.15) is 0 Å². The molecule has 1 aromatic heterocycles. The normalized spacial score (nSPS) is 10.3. The second-order valence-electron chi connectivity index (χ2n) is 5.93. The smallest absolute Gasteiger partial charge is 0.191 e. The van der Waals surface area contributed by atoms with Gasteiger partial charge >= 0.3 is 0 Å². The van der Waals surface area contributed by atoms with Gasteiger partial charge in [-0.1, -0.05) is 24.3 Å². The molecule has 0 bridgehead atoms. The average molecular weight is 370 g/mol. The van der Waals surface area contributed by atoms with Crippen molar-refractivity contribution in [3.8, 4) is 16.9 Å². The standard InChI is InChI=1S/C21H17N3O2.Al/c22-16-7-3-14(4-8-16)15-5-9-17(10-6-15)24-19-11-12-20(26-25)21-18(19)2-1-13-23-21;/h1-13,24-25H,22H2;. The Morgan fingerprint density at radius 3 is 2.19 bits per heavy atom. The van der Waals surface area contributed by atoms with Gasteiger partial charge in [0, 0.05) is 46.0 Å². The number of benzene rings is 3. The number of hydrogen-bond donors (Lipinski definition) is 3. The zero-order chi connectivity index (χ0) is 17.9. The summed E-state index contributed by atoms with van der Waals surface area (Å²) in [7, 11) is 0. The number of anilines is 3. The minimum Gasteiger partial charge on any atom is -0.399 e. The number of pyridine rings is 1. The first-order chi connectivity index (χ1) is 12.7. The van der Waals surface area contributed by atoms with E-state index in [9.17, 15) is 0 Å². The van der Waals surface area contributed by atoms with Gasteiger partial charge in [0.05, 0.1) is 0 Å². The molecule has 27 heavy (non-hydrogen) atoms. The predicted molar refractivity (Wildman–Crippen MR) is 110 cm³/mol. The Morgan fingerprint density at radius 2 is 1.52 bits per heavy atom. The van der Waals surface area contributed by atoms with Gasteiger partial charge in [0.25, 0.3) is 0 Å². The van der Waals surface area contributed by atoms with Crippen LogP contribution >= 0.6 is 0 Å². The van der Waals surface area contributed by atoms with Gasteiger partial charge in [-0.15, -0.1) is 0 Å². The van der Waals surface area contributed by atoms with Crippen molar-refractivity contribution in [2.24, 2.45) is 0 Å². The fraction of sp³-hybridized carbons (Fsp3) is 0. The third-order valence-electron chi connectivity index (χ3n) is 4.24. The number of nitrogens with zero attached hydrogens (tertiary/aromatic N) is 1. The van der Waals surface area contributed by atoms with Crippen molar-refractivity contribution < 1.29 is 10.1 Å². The van der Waals surface area contributed by atoms with Gasteiger partial charge in [-0.3, -0.25) is 4.98 Å². The minimum atomic E-state index is 0. The number of hydrogen-bond acceptors (Lipinski definition) is 5. The van der Waals surface area contributed by atoms with Crippen LogP contribution in [0.5, 0.6) is 5.75 Å². The maximum atomic E-state index is 9.00. The van der Waals surface area contributed by atoms with E-state index in [0.717, 1.165) is 33.6 Å². The molecular formula is C21H17AlN3O2. The lowest BCUT2D eigenvalue weighted by atomic mass is 10.0. The lowest BCUT2D eigenvalue weighted by Gasteiger charge is -2.12. The first-order valence-electron chi connectivity index (χ1n) is 8.17. The molecule has 0 spiro atoms. The quantitative estimate of drug-likeness (QED) is 0.210. The van der Waals surface area contributed by atoms with Crippen molar-refractivity contribution in [2.45, 2.75) is 0 Å². The van der Waals surface area contributed by atoms with Crippen LogP contribution in [0.25, 0.3) is 22.0 Å². The molecule has 3 aromatic carbocycles. The molecule has 3 radical (unpaired) electrons. The summed E-state index contributed by atoms with van der Waals surface area (Å²) in [4.78, 5) is 8.69. The largest absolute Gasteiger partial charge is 0.399 e. The van der Waals surface area contributed by atoms with Gasteiger partial charge in [-0.05, 0) is 59.7 Å². The van der Waals surface area contributed by atoms with Crippen LogP contribution in [0.1, 0.15) is 0 Å². The highest BCUT2D eigenvalue weighted by atomic mass is 27.0. The third-order valence-corrected chi connectivity index (χ3v) is 4.24. The fourth-order valence-corrected chi connectivity index (χ4v) is 2.91. The van der Waals surface area contributed by atoms with Gasteiger partial charge in [0.2, 0.25) is 0 Å². The highest BCUT2D eigenvalue weighted by Gasteiger charge is 2.08. The van der Waals surface area contributed by atoms with Gasteiger partial charge in [0.1, 0.15) is 5.52 Å². The lowest BCUT2D eigenvalue weighted by Crippen LogP contribution is -1.94. The van der Waals surface area contributed by atoms with E-state index in [1.54, 1.807) is 12.3 Å². The second kappa shape index (κ2) is 8.11. The van der Waals surface area contributed by atoms with E-state index in [-0.39, 0.29) is 17.4 Å². The topological polar surface area (TPSA) is 80.4 Å². The number of nitrogens with two attached hydrogens (primary N) is 1. The molecule has 0 aliphatic rings. The summed E-state index contributed by atoms with van der Waals surface area (Å²) in [5, 5.41) is 13.3. The van der Waals surface area contributed by atoms with Crippen LogP contribution in [-0.4, -0.2) is 27.6 Å². The Bertz CT molecular complexity index is 1050. The maximum absolute atomic E-state index is 9.00. The first-order valence-corrected chi connectivity index (χ1v) is 8.17. The molecule has 6 heteroatoms. The van der Waals surface area contributed by atoms with E-state index >= 15 is 0 Å². The highest BCUT2D eigenvalue weighted by Crippen LogP contribution is 2.32. The Labute approximate surface area is 167 Å². The third kappa shape index (κ3) is 3.89. The Morgan fingerprint density at radius 1 is 0.852 bits per heavy atom. The summed E-state index contributed by atoms with van der Waals surface area (Å²) in [6, 6.07) is 23.2. The lowest BCUT2D eigenvalue weighted by molar-refractivity contribution is -0.136. The van der Waals surface area contributed by atoms with Crippen molar-refractivity contribution in [3.63, 3.8) is 0 Å². The number of nitrogen functional groups attached to an aromatic ring is 1.